The molecule has 3 nitrogen and oxygen atoms in total. The number of hydrogen-bond acceptors (Lipinski definition) is 3. The standard InChI is InChI=1S/C12H14O3S/c1-2-15-12(11(13)14)7-8-16-10-6-4-3-5-9(10)12/h3-6H,2,7-8H2,1H3,(H,13,14). The third kappa shape index (κ3) is 1.72. The van der Waals surface area contributed by atoms with Gasteiger partial charge in [0.25, 0.3) is 0 Å². The van der Waals surface area contributed by atoms with E-state index < -0.39 is 11.6 Å². The van der Waals surface area contributed by atoms with Crippen molar-refractivity contribution in [2.24, 2.45) is 0 Å². The van der Waals surface area contributed by atoms with Crippen LogP contribution in [0.25, 0.3) is 0 Å². The molecule has 0 saturated carbocycles. The Hall–Kier alpha value is -1.00. The fourth-order valence-corrected chi connectivity index (χ4v) is 3.22. The van der Waals surface area contributed by atoms with Gasteiger partial charge in [0.05, 0.1) is 0 Å². The van der Waals surface area contributed by atoms with E-state index in [1.807, 2.05) is 31.2 Å². The minimum atomic E-state index is -1.14. The zero-order valence-electron chi connectivity index (χ0n) is 9.10. The van der Waals surface area contributed by atoms with Crippen LogP contribution in [0.15, 0.2) is 29.2 Å². The molecule has 1 N–H and O–H groups in total. The second-order valence-electron chi connectivity index (χ2n) is 3.66. The summed E-state index contributed by atoms with van der Waals surface area (Å²) in [5.74, 6) is -0.106. The Bertz CT molecular complexity index is 405. The summed E-state index contributed by atoms with van der Waals surface area (Å²) in [6.45, 7) is 2.24. The molecule has 0 fully saturated rings. The van der Waals surface area contributed by atoms with Gasteiger partial charge in [0.1, 0.15) is 0 Å². The van der Waals surface area contributed by atoms with Gasteiger partial charge in [-0.15, -0.1) is 11.8 Å². The van der Waals surface area contributed by atoms with Crippen molar-refractivity contribution >= 4 is 17.7 Å². The molecule has 1 aromatic rings. The van der Waals surface area contributed by atoms with Crippen molar-refractivity contribution in [1.29, 1.82) is 0 Å². The summed E-state index contributed by atoms with van der Waals surface area (Å²) in [6.07, 6.45) is 0.526. The number of thioether (sulfide) groups is 1. The lowest BCUT2D eigenvalue weighted by Gasteiger charge is -2.34. The van der Waals surface area contributed by atoms with E-state index in [0.717, 1.165) is 16.2 Å². The quantitative estimate of drug-likeness (QED) is 0.879. The average molecular weight is 238 g/mol. The van der Waals surface area contributed by atoms with Gasteiger partial charge < -0.3 is 9.84 Å². The smallest absolute Gasteiger partial charge is 0.340 e. The Morgan fingerprint density at radius 2 is 2.31 bits per heavy atom. The van der Waals surface area contributed by atoms with Gasteiger partial charge in [-0.3, -0.25) is 0 Å². The molecular formula is C12H14O3S. The van der Waals surface area contributed by atoms with Gasteiger partial charge >= 0.3 is 5.97 Å². The lowest BCUT2D eigenvalue weighted by Crippen LogP contribution is -2.41. The Morgan fingerprint density at radius 3 is 3.00 bits per heavy atom. The summed E-state index contributed by atoms with van der Waals surface area (Å²) in [7, 11) is 0. The van der Waals surface area contributed by atoms with Gasteiger partial charge in [-0.2, -0.15) is 0 Å². The van der Waals surface area contributed by atoms with E-state index in [0.29, 0.717) is 13.0 Å². The van der Waals surface area contributed by atoms with Crippen LogP contribution in [0.1, 0.15) is 18.9 Å². The highest BCUT2D eigenvalue weighted by Crippen LogP contribution is 2.42. The molecular weight excluding hydrogens is 224 g/mol. The van der Waals surface area contributed by atoms with E-state index in [2.05, 4.69) is 0 Å². The molecule has 1 aliphatic rings. The Balaban J connectivity index is 2.52. The van der Waals surface area contributed by atoms with Crippen LogP contribution in [0, 0.1) is 0 Å². The number of carboxylic acid groups (broad SMARTS) is 1. The number of benzene rings is 1. The summed E-state index contributed by atoms with van der Waals surface area (Å²) < 4.78 is 5.55. The first-order valence-electron chi connectivity index (χ1n) is 5.30. The van der Waals surface area contributed by atoms with E-state index in [1.165, 1.54) is 0 Å². The van der Waals surface area contributed by atoms with E-state index in [4.69, 9.17) is 4.74 Å². The second kappa shape index (κ2) is 4.47. The number of carboxylic acids is 1. The third-order valence-corrected chi connectivity index (χ3v) is 3.85. The Kier molecular flexibility index (Phi) is 3.21. The Morgan fingerprint density at radius 1 is 1.56 bits per heavy atom. The summed E-state index contributed by atoms with van der Waals surface area (Å²) in [6, 6.07) is 7.60. The molecule has 1 aliphatic heterocycles. The van der Waals surface area contributed by atoms with Gasteiger partial charge in [0.2, 0.25) is 0 Å². The predicted molar refractivity (Wildman–Crippen MR) is 62.7 cm³/mol. The molecule has 0 radical (unpaired) electrons. The van der Waals surface area contributed by atoms with Crippen molar-refractivity contribution in [1.82, 2.24) is 0 Å². The number of carbonyl (C=O) groups is 1. The molecule has 1 heterocycles. The van der Waals surface area contributed by atoms with Crippen LogP contribution in [0.2, 0.25) is 0 Å². The van der Waals surface area contributed by atoms with Crippen LogP contribution >= 0.6 is 11.8 Å². The highest BCUT2D eigenvalue weighted by molar-refractivity contribution is 7.99. The van der Waals surface area contributed by atoms with E-state index in [9.17, 15) is 9.90 Å². The first-order valence-corrected chi connectivity index (χ1v) is 6.29. The zero-order chi connectivity index (χ0) is 11.6. The molecule has 0 spiro atoms. The predicted octanol–water partition coefficient (Wildman–Crippen LogP) is 2.50. The fraction of sp³-hybridized carbons (Fsp3) is 0.417. The van der Waals surface area contributed by atoms with Crippen molar-refractivity contribution in [3.05, 3.63) is 29.8 Å². The number of fused-ring (bicyclic) bond motifs is 1. The van der Waals surface area contributed by atoms with Crippen LogP contribution in [0.5, 0.6) is 0 Å². The van der Waals surface area contributed by atoms with E-state index >= 15 is 0 Å². The summed E-state index contributed by atoms with van der Waals surface area (Å²) in [4.78, 5) is 12.5. The number of rotatable bonds is 3. The number of hydrogen-bond donors (Lipinski definition) is 1. The first-order chi connectivity index (χ1) is 7.70. The average Bonchev–Trinajstić information content (AvgIpc) is 2.29. The van der Waals surface area contributed by atoms with Gasteiger partial charge in [0, 0.05) is 29.2 Å². The maximum atomic E-state index is 11.5. The van der Waals surface area contributed by atoms with Crippen LogP contribution in [0.3, 0.4) is 0 Å². The zero-order valence-corrected chi connectivity index (χ0v) is 9.92. The SMILES string of the molecule is CCOC1(C(=O)O)CCSc2ccccc21. The molecule has 1 unspecified atom stereocenters. The van der Waals surface area contributed by atoms with Crippen LogP contribution < -0.4 is 0 Å². The number of ether oxygens (including phenoxy) is 1. The molecule has 0 bridgehead atoms. The summed E-state index contributed by atoms with van der Waals surface area (Å²) >= 11 is 1.69. The van der Waals surface area contributed by atoms with Crippen LogP contribution in [-0.2, 0) is 15.1 Å². The van der Waals surface area contributed by atoms with Gasteiger partial charge in [0.15, 0.2) is 5.60 Å². The normalized spacial score (nSPS) is 23.8. The first kappa shape index (κ1) is 11.5. The molecule has 0 aliphatic carbocycles. The molecule has 16 heavy (non-hydrogen) atoms. The largest absolute Gasteiger partial charge is 0.479 e. The lowest BCUT2D eigenvalue weighted by atomic mass is 9.90. The molecule has 4 heteroatoms. The second-order valence-corrected chi connectivity index (χ2v) is 4.80. The molecule has 1 atom stereocenters. The van der Waals surface area contributed by atoms with Crippen molar-refractivity contribution in [3.8, 4) is 0 Å². The highest BCUT2D eigenvalue weighted by Gasteiger charge is 2.44. The van der Waals surface area contributed by atoms with E-state index in [-0.39, 0.29) is 0 Å². The van der Waals surface area contributed by atoms with E-state index in [1.54, 1.807) is 11.8 Å². The minimum Gasteiger partial charge on any atom is -0.479 e. The van der Waals surface area contributed by atoms with Gasteiger partial charge in [-0.25, -0.2) is 4.79 Å². The fourth-order valence-electron chi connectivity index (χ4n) is 2.05. The molecule has 0 aromatic heterocycles. The molecule has 2 rings (SSSR count). The summed E-state index contributed by atoms with van der Waals surface area (Å²) in [5.41, 5.74) is -0.350. The molecule has 1 aromatic carbocycles. The number of aliphatic carboxylic acids is 1. The van der Waals surface area contributed by atoms with Gasteiger partial charge in [-0.1, -0.05) is 18.2 Å². The van der Waals surface area contributed by atoms with Crippen molar-refractivity contribution in [2.45, 2.75) is 23.8 Å². The highest BCUT2D eigenvalue weighted by atomic mass is 32.2. The van der Waals surface area contributed by atoms with Crippen LogP contribution in [-0.4, -0.2) is 23.4 Å². The lowest BCUT2D eigenvalue weighted by molar-refractivity contribution is -0.168. The molecule has 86 valence electrons. The topological polar surface area (TPSA) is 46.5 Å². The maximum absolute atomic E-state index is 11.5. The molecule has 0 amide bonds. The van der Waals surface area contributed by atoms with Crippen LogP contribution in [0.4, 0.5) is 0 Å². The minimum absolute atomic E-state index is 0.408. The van der Waals surface area contributed by atoms with Crippen molar-refractivity contribution in [2.75, 3.05) is 12.4 Å². The third-order valence-electron chi connectivity index (χ3n) is 2.77. The van der Waals surface area contributed by atoms with Crippen molar-refractivity contribution < 1.29 is 14.6 Å². The monoisotopic (exact) mass is 238 g/mol. The summed E-state index contributed by atoms with van der Waals surface area (Å²) in [5, 5.41) is 9.43. The van der Waals surface area contributed by atoms with Crippen molar-refractivity contribution in [3.63, 3.8) is 0 Å². The van der Waals surface area contributed by atoms with Gasteiger partial charge in [-0.05, 0) is 13.0 Å². The Labute approximate surface area is 98.8 Å². The maximum Gasteiger partial charge on any atom is 0.340 e. The molecule has 0 saturated heterocycles.